The minimum Gasteiger partial charge on any atom is -0.308 e. The summed E-state index contributed by atoms with van der Waals surface area (Å²) < 4.78 is 2.28. The van der Waals surface area contributed by atoms with Gasteiger partial charge in [0.1, 0.15) is 11.3 Å². The van der Waals surface area contributed by atoms with Gasteiger partial charge >= 0.3 is 0 Å². The number of nitrogens with zero attached hydrogens (tertiary/aromatic N) is 6. The van der Waals surface area contributed by atoms with Crippen LogP contribution in [0.3, 0.4) is 0 Å². The fraction of sp³-hybridized carbons (Fsp3) is 0.500. The molecule has 0 radical (unpaired) electrons. The highest BCUT2D eigenvalue weighted by Gasteiger charge is 2.16. The molecule has 0 bridgehead atoms. The quantitative estimate of drug-likeness (QED) is 0.358. The summed E-state index contributed by atoms with van der Waals surface area (Å²) in [6, 6.07) is 11.0. The Labute approximate surface area is 241 Å². The number of halogens is 3. The van der Waals surface area contributed by atoms with Gasteiger partial charge in [-0.2, -0.15) is 0 Å². The minimum atomic E-state index is 0. The Morgan fingerprint density at radius 1 is 0.919 bits per heavy atom. The Balaban J connectivity index is 0.00000228. The van der Waals surface area contributed by atoms with Gasteiger partial charge in [0.25, 0.3) is 0 Å². The molecule has 0 amide bonds. The maximum atomic E-state index is 4.87. The Morgan fingerprint density at radius 2 is 1.57 bits per heavy atom. The number of likely N-dealkylation sites (N-methyl/N-ethyl adjacent to an activating group) is 1. The molecule has 1 aliphatic rings. The lowest BCUT2D eigenvalue weighted by atomic mass is 10.1. The van der Waals surface area contributed by atoms with Gasteiger partial charge in [-0.15, -0.1) is 37.2 Å². The second-order valence-corrected chi connectivity index (χ2v) is 9.81. The molecule has 1 fully saturated rings. The van der Waals surface area contributed by atoms with Crippen LogP contribution >= 0.6 is 37.2 Å². The van der Waals surface area contributed by atoms with E-state index in [9.17, 15) is 0 Å². The maximum Gasteiger partial charge on any atom is 0.160 e. The lowest BCUT2D eigenvalue weighted by molar-refractivity contribution is 0.134. The average Bonchev–Trinajstić information content (AvgIpc) is 3.17. The standard InChI is InChI=1S/C28H40N6.3ClH/c1-6-26-30-27-22(2)20-23(3)29-28(27)34(26)21-25-11-9-24(10-12-25)8-7-13-32-16-18-33(19-17-32)15-14-31(4)5;;;/h7-12,20H,6,13-19,21H2,1-5H3;3*1H/b8-7+;;;. The molecule has 3 aromatic rings. The number of hydrogen-bond donors (Lipinski definition) is 0. The van der Waals surface area contributed by atoms with Crippen LogP contribution in [0, 0.1) is 13.8 Å². The third kappa shape index (κ3) is 8.95. The smallest absolute Gasteiger partial charge is 0.160 e. The van der Waals surface area contributed by atoms with Gasteiger partial charge < -0.3 is 9.47 Å². The van der Waals surface area contributed by atoms with E-state index < -0.39 is 0 Å². The molecule has 4 rings (SSSR count). The van der Waals surface area contributed by atoms with Crippen molar-refractivity contribution in [3.05, 3.63) is 64.6 Å². The molecule has 6 nitrogen and oxygen atoms in total. The van der Waals surface area contributed by atoms with Crippen LogP contribution in [-0.4, -0.2) is 89.1 Å². The summed E-state index contributed by atoms with van der Waals surface area (Å²) in [7, 11) is 4.29. The van der Waals surface area contributed by atoms with Crippen LogP contribution in [0.5, 0.6) is 0 Å². The lowest BCUT2D eigenvalue weighted by Gasteiger charge is -2.34. The molecule has 9 heteroatoms. The molecule has 0 spiro atoms. The predicted octanol–water partition coefficient (Wildman–Crippen LogP) is 5.12. The molecule has 0 N–H and O–H groups in total. The van der Waals surface area contributed by atoms with E-state index in [0.29, 0.717) is 0 Å². The first-order valence-corrected chi connectivity index (χ1v) is 12.6. The number of hydrogen-bond acceptors (Lipinski definition) is 5. The molecule has 37 heavy (non-hydrogen) atoms. The first-order valence-electron chi connectivity index (χ1n) is 12.6. The van der Waals surface area contributed by atoms with Crippen molar-refractivity contribution in [2.24, 2.45) is 0 Å². The summed E-state index contributed by atoms with van der Waals surface area (Å²) in [5.74, 6) is 1.10. The van der Waals surface area contributed by atoms with Crippen LogP contribution in [0.2, 0.25) is 0 Å². The zero-order valence-electron chi connectivity index (χ0n) is 22.8. The van der Waals surface area contributed by atoms with Crippen molar-refractivity contribution in [3.8, 4) is 0 Å². The van der Waals surface area contributed by atoms with Crippen molar-refractivity contribution in [1.29, 1.82) is 0 Å². The molecule has 2 aromatic heterocycles. The zero-order chi connectivity index (χ0) is 24.1. The van der Waals surface area contributed by atoms with Gasteiger partial charge in [-0.3, -0.25) is 9.80 Å². The first kappa shape index (κ1) is 33.4. The van der Waals surface area contributed by atoms with Gasteiger partial charge in [0, 0.05) is 57.9 Å². The summed E-state index contributed by atoms with van der Waals surface area (Å²) in [4.78, 5) is 17.1. The fourth-order valence-electron chi connectivity index (χ4n) is 4.68. The second-order valence-electron chi connectivity index (χ2n) is 9.81. The molecule has 3 heterocycles. The van der Waals surface area contributed by atoms with E-state index in [4.69, 9.17) is 9.97 Å². The van der Waals surface area contributed by atoms with E-state index in [1.165, 1.54) is 36.3 Å². The molecular formula is C28H43Cl3N6. The van der Waals surface area contributed by atoms with Gasteiger partial charge in [0.05, 0.1) is 6.54 Å². The Kier molecular flexibility index (Phi) is 14.1. The number of piperazine rings is 1. The third-order valence-corrected chi connectivity index (χ3v) is 6.74. The molecular weight excluding hydrogens is 527 g/mol. The number of rotatable bonds is 9. The summed E-state index contributed by atoms with van der Waals surface area (Å²) in [5.41, 5.74) is 6.81. The number of aromatic nitrogens is 3. The molecule has 1 aliphatic heterocycles. The molecule has 0 atom stereocenters. The van der Waals surface area contributed by atoms with Crippen LogP contribution in [0.4, 0.5) is 0 Å². The molecule has 206 valence electrons. The SMILES string of the molecule is CCc1nc2c(C)cc(C)nc2n1Cc1ccc(/C=C/CN2CCN(CCN(C)C)CC2)cc1.Cl.Cl.Cl. The molecule has 0 saturated carbocycles. The number of benzene rings is 1. The van der Waals surface area contributed by atoms with Crippen molar-refractivity contribution in [2.75, 3.05) is 59.9 Å². The molecule has 1 aromatic carbocycles. The van der Waals surface area contributed by atoms with E-state index in [0.717, 1.165) is 61.8 Å². The van der Waals surface area contributed by atoms with E-state index in [1.807, 2.05) is 0 Å². The van der Waals surface area contributed by atoms with Gasteiger partial charge in [0.2, 0.25) is 0 Å². The molecule has 0 aliphatic carbocycles. The largest absolute Gasteiger partial charge is 0.308 e. The fourth-order valence-corrected chi connectivity index (χ4v) is 4.68. The number of pyridine rings is 1. The van der Waals surface area contributed by atoms with E-state index in [-0.39, 0.29) is 37.2 Å². The van der Waals surface area contributed by atoms with Crippen LogP contribution < -0.4 is 0 Å². The maximum absolute atomic E-state index is 4.87. The van der Waals surface area contributed by atoms with Crippen LogP contribution in [0.15, 0.2) is 36.4 Å². The number of fused-ring (bicyclic) bond motifs is 1. The van der Waals surface area contributed by atoms with Crippen molar-refractivity contribution >= 4 is 54.5 Å². The van der Waals surface area contributed by atoms with Gasteiger partial charge in [-0.1, -0.05) is 43.3 Å². The summed E-state index contributed by atoms with van der Waals surface area (Å²) in [5, 5.41) is 0. The lowest BCUT2D eigenvalue weighted by Crippen LogP contribution is -2.47. The number of aryl methyl sites for hydroxylation is 3. The van der Waals surface area contributed by atoms with Gasteiger partial charge in [-0.05, 0) is 50.7 Å². The first-order chi connectivity index (χ1) is 16.4. The summed E-state index contributed by atoms with van der Waals surface area (Å²) in [6.07, 6.45) is 5.46. The molecule has 0 unspecified atom stereocenters. The Bertz CT molecular complexity index is 1120. The highest BCUT2D eigenvalue weighted by Crippen LogP contribution is 2.21. The van der Waals surface area contributed by atoms with Gasteiger partial charge in [-0.25, -0.2) is 9.97 Å². The monoisotopic (exact) mass is 568 g/mol. The van der Waals surface area contributed by atoms with Crippen molar-refractivity contribution in [2.45, 2.75) is 33.7 Å². The van der Waals surface area contributed by atoms with Crippen LogP contribution in [0.25, 0.3) is 17.2 Å². The van der Waals surface area contributed by atoms with Crippen LogP contribution in [-0.2, 0) is 13.0 Å². The van der Waals surface area contributed by atoms with Crippen molar-refractivity contribution in [1.82, 2.24) is 29.2 Å². The van der Waals surface area contributed by atoms with Crippen LogP contribution in [0.1, 0.15) is 35.1 Å². The Morgan fingerprint density at radius 3 is 2.19 bits per heavy atom. The highest BCUT2D eigenvalue weighted by molar-refractivity contribution is 5.86. The van der Waals surface area contributed by atoms with Crippen molar-refractivity contribution in [3.63, 3.8) is 0 Å². The van der Waals surface area contributed by atoms with E-state index in [1.54, 1.807) is 0 Å². The highest BCUT2D eigenvalue weighted by atomic mass is 35.5. The van der Waals surface area contributed by atoms with E-state index >= 15 is 0 Å². The zero-order valence-corrected chi connectivity index (χ0v) is 25.3. The van der Waals surface area contributed by atoms with Crippen molar-refractivity contribution < 1.29 is 0 Å². The third-order valence-electron chi connectivity index (χ3n) is 6.74. The molecule has 1 saturated heterocycles. The van der Waals surface area contributed by atoms with E-state index in [2.05, 4.69) is 96.6 Å². The normalized spacial score (nSPS) is 14.5. The van der Waals surface area contributed by atoms with Gasteiger partial charge in [0.15, 0.2) is 5.65 Å². The second kappa shape index (κ2) is 15.7. The summed E-state index contributed by atoms with van der Waals surface area (Å²) >= 11 is 0. The topological polar surface area (TPSA) is 40.4 Å². The summed E-state index contributed by atoms with van der Waals surface area (Å²) in [6.45, 7) is 15.1. The average molecular weight is 570 g/mol. The number of imidazole rings is 1. The predicted molar refractivity (Wildman–Crippen MR) is 164 cm³/mol. The Hall–Kier alpha value is -1.67. The minimum absolute atomic E-state index is 0.